The highest BCUT2D eigenvalue weighted by Gasteiger charge is 2.16. The molecule has 0 atom stereocenters. The van der Waals surface area contributed by atoms with Crippen LogP contribution in [0.5, 0.6) is 0 Å². The summed E-state index contributed by atoms with van der Waals surface area (Å²) in [7, 11) is -3.37. The van der Waals surface area contributed by atoms with Gasteiger partial charge < -0.3 is 14.7 Å². The van der Waals surface area contributed by atoms with Crippen LogP contribution in [0.3, 0.4) is 0 Å². The Balaban J connectivity index is 0.00000261. The summed E-state index contributed by atoms with van der Waals surface area (Å²) >= 11 is 0. The van der Waals surface area contributed by atoms with Crippen LogP contribution in [0, 0.1) is 10.1 Å². The number of halogens is 1. The van der Waals surface area contributed by atoms with Crippen LogP contribution >= 0.6 is 12.4 Å². The zero-order valence-electron chi connectivity index (χ0n) is 14.9. The van der Waals surface area contributed by atoms with E-state index in [9.17, 15) is 18.5 Å². The van der Waals surface area contributed by atoms with Crippen LogP contribution < -0.4 is 4.72 Å². The lowest BCUT2D eigenvalue weighted by molar-refractivity contribution is -0.389. The zero-order chi connectivity index (χ0) is 19.1. The molecule has 0 amide bonds. The monoisotopic (exact) mass is 410 g/mol. The second kappa shape index (κ2) is 7.53. The number of benzene rings is 1. The van der Waals surface area contributed by atoms with Gasteiger partial charge in [-0.05, 0) is 42.0 Å². The molecule has 1 N–H and O–H groups in total. The SMILES string of the molecule is CC(C)n1cc(-c2ccc([N+](=O)[O-])nc2)c2ccc(NS(C)(=O)=O)cc21.Cl. The normalized spacial score (nSPS) is 11.4. The van der Waals surface area contributed by atoms with Crippen LogP contribution in [0.25, 0.3) is 22.0 Å². The number of anilines is 1. The summed E-state index contributed by atoms with van der Waals surface area (Å²) in [6.07, 6.45) is 4.52. The lowest BCUT2D eigenvalue weighted by Crippen LogP contribution is -2.09. The first-order valence-electron chi connectivity index (χ1n) is 7.89. The van der Waals surface area contributed by atoms with E-state index in [1.165, 1.54) is 12.3 Å². The highest BCUT2D eigenvalue weighted by molar-refractivity contribution is 7.92. The number of nitrogens with zero attached hydrogens (tertiary/aromatic N) is 3. The number of pyridine rings is 1. The average molecular weight is 411 g/mol. The fourth-order valence-electron chi connectivity index (χ4n) is 2.84. The summed E-state index contributed by atoms with van der Waals surface area (Å²) in [5.41, 5.74) is 2.97. The van der Waals surface area contributed by atoms with Gasteiger partial charge in [0.15, 0.2) is 0 Å². The molecule has 0 aliphatic heterocycles. The Morgan fingerprint density at radius 1 is 1.22 bits per heavy atom. The molecule has 10 heteroatoms. The zero-order valence-corrected chi connectivity index (χ0v) is 16.5. The molecule has 3 aromatic rings. The Labute approximate surface area is 162 Å². The summed E-state index contributed by atoms with van der Waals surface area (Å²) in [5, 5.41) is 11.7. The number of nitro groups is 1. The maximum Gasteiger partial charge on any atom is 0.363 e. The number of hydrogen-bond donors (Lipinski definition) is 1. The molecule has 0 spiro atoms. The summed E-state index contributed by atoms with van der Waals surface area (Å²) in [5.74, 6) is -0.207. The molecule has 2 aromatic heterocycles. The average Bonchev–Trinajstić information content (AvgIpc) is 2.92. The maximum absolute atomic E-state index is 11.5. The van der Waals surface area contributed by atoms with Crippen LogP contribution in [0.1, 0.15) is 19.9 Å². The minimum atomic E-state index is -3.37. The third-order valence-corrected chi connectivity index (χ3v) is 4.55. The van der Waals surface area contributed by atoms with Crippen molar-refractivity contribution in [3.63, 3.8) is 0 Å². The van der Waals surface area contributed by atoms with Crippen LogP contribution in [0.4, 0.5) is 11.5 Å². The summed E-state index contributed by atoms with van der Waals surface area (Å²) < 4.78 is 27.5. The first-order valence-corrected chi connectivity index (χ1v) is 9.78. The largest absolute Gasteiger partial charge is 0.363 e. The molecule has 0 aliphatic carbocycles. The molecular formula is C17H19ClN4O4S. The van der Waals surface area contributed by atoms with Gasteiger partial charge in [0.1, 0.15) is 6.20 Å². The molecule has 8 nitrogen and oxygen atoms in total. The number of sulfonamides is 1. The van der Waals surface area contributed by atoms with Gasteiger partial charge in [-0.15, -0.1) is 12.4 Å². The lowest BCUT2D eigenvalue weighted by Gasteiger charge is -2.10. The van der Waals surface area contributed by atoms with Crippen molar-refractivity contribution in [2.24, 2.45) is 0 Å². The molecule has 0 unspecified atom stereocenters. The topological polar surface area (TPSA) is 107 Å². The molecule has 3 rings (SSSR count). The molecule has 144 valence electrons. The third kappa shape index (κ3) is 4.37. The fourth-order valence-corrected chi connectivity index (χ4v) is 3.39. The van der Waals surface area contributed by atoms with Crippen molar-refractivity contribution in [2.75, 3.05) is 11.0 Å². The molecule has 0 saturated heterocycles. The van der Waals surface area contributed by atoms with E-state index in [0.717, 1.165) is 28.3 Å². The summed E-state index contributed by atoms with van der Waals surface area (Å²) in [6.45, 7) is 4.04. The first-order chi connectivity index (χ1) is 12.2. The molecule has 0 bridgehead atoms. The van der Waals surface area contributed by atoms with Crippen molar-refractivity contribution in [3.8, 4) is 11.1 Å². The lowest BCUT2D eigenvalue weighted by atomic mass is 10.1. The van der Waals surface area contributed by atoms with E-state index in [-0.39, 0.29) is 24.3 Å². The Hall–Kier alpha value is -2.65. The van der Waals surface area contributed by atoms with Gasteiger partial charge in [0.2, 0.25) is 10.0 Å². The van der Waals surface area contributed by atoms with Crippen molar-refractivity contribution in [2.45, 2.75) is 19.9 Å². The number of hydrogen-bond acceptors (Lipinski definition) is 5. The van der Waals surface area contributed by atoms with Gasteiger partial charge in [0, 0.05) is 34.8 Å². The number of aromatic nitrogens is 2. The first kappa shape index (κ1) is 20.7. The second-order valence-electron chi connectivity index (χ2n) is 6.31. The molecule has 2 heterocycles. The Morgan fingerprint density at radius 2 is 1.93 bits per heavy atom. The standard InChI is InChI=1S/C17H18N4O4S.ClH/c1-11(2)20-10-15(12-4-7-17(18-9-12)21(22)23)14-6-5-13(8-16(14)20)19-26(3,24)25;/h4-11,19H,1-3H3;1H. The predicted molar refractivity (Wildman–Crippen MR) is 108 cm³/mol. The summed E-state index contributed by atoms with van der Waals surface area (Å²) in [6, 6.07) is 8.47. The van der Waals surface area contributed by atoms with E-state index in [1.54, 1.807) is 18.2 Å². The van der Waals surface area contributed by atoms with Crippen molar-refractivity contribution in [1.82, 2.24) is 9.55 Å². The van der Waals surface area contributed by atoms with Crippen molar-refractivity contribution >= 4 is 44.8 Å². The van der Waals surface area contributed by atoms with Crippen molar-refractivity contribution in [1.29, 1.82) is 0 Å². The van der Waals surface area contributed by atoms with Crippen LogP contribution in [-0.2, 0) is 10.0 Å². The van der Waals surface area contributed by atoms with E-state index in [4.69, 9.17) is 0 Å². The molecule has 0 fully saturated rings. The minimum absolute atomic E-state index is 0. The quantitative estimate of drug-likeness (QED) is 0.505. The molecule has 0 aliphatic rings. The van der Waals surface area contributed by atoms with E-state index in [0.29, 0.717) is 5.69 Å². The minimum Gasteiger partial charge on any atom is -0.358 e. The number of nitrogens with one attached hydrogen (secondary N) is 1. The highest BCUT2D eigenvalue weighted by Crippen LogP contribution is 2.34. The molecule has 1 aromatic carbocycles. The van der Waals surface area contributed by atoms with Gasteiger partial charge in [-0.1, -0.05) is 6.07 Å². The Bertz CT molecular complexity index is 1090. The van der Waals surface area contributed by atoms with Gasteiger partial charge in [-0.2, -0.15) is 0 Å². The fraction of sp³-hybridized carbons (Fsp3) is 0.235. The smallest absolute Gasteiger partial charge is 0.358 e. The maximum atomic E-state index is 11.5. The second-order valence-corrected chi connectivity index (χ2v) is 8.06. The van der Waals surface area contributed by atoms with Gasteiger partial charge in [0.25, 0.3) is 0 Å². The van der Waals surface area contributed by atoms with Gasteiger partial charge in [-0.3, -0.25) is 4.72 Å². The molecule has 27 heavy (non-hydrogen) atoms. The molecular weight excluding hydrogens is 392 g/mol. The number of rotatable bonds is 5. The van der Waals surface area contributed by atoms with E-state index >= 15 is 0 Å². The van der Waals surface area contributed by atoms with Gasteiger partial charge in [-0.25, -0.2) is 8.42 Å². The van der Waals surface area contributed by atoms with Crippen LogP contribution in [-0.4, -0.2) is 29.1 Å². The Morgan fingerprint density at radius 3 is 2.44 bits per heavy atom. The van der Waals surface area contributed by atoms with Gasteiger partial charge >= 0.3 is 5.82 Å². The van der Waals surface area contributed by atoms with E-state index in [1.807, 2.05) is 30.7 Å². The molecule has 0 radical (unpaired) electrons. The summed E-state index contributed by atoms with van der Waals surface area (Å²) in [4.78, 5) is 14.1. The van der Waals surface area contributed by atoms with Crippen molar-refractivity contribution in [3.05, 3.63) is 52.8 Å². The van der Waals surface area contributed by atoms with Crippen molar-refractivity contribution < 1.29 is 13.3 Å². The third-order valence-electron chi connectivity index (χ3n) is 3.94. The molecule has 0 saturated carbocycles. The van der Waals surface area contributed by atoms with Crippen LogP contribution in [0.2, 0.25) is 0 Å². The van der Waals surface area contributed by atoms with E-state index in [2.05, 4.69) is 9.71 Å². The predicted octanol–water partition coefficient (Wildman–Crippen LogP) is 3.99. The van der Waals surface area contributed by atoms with Crippen LogP contribution in [0.15, 0.2) is 42.7 Å². The highest BCUT2D eigenvalue weighted by atomic mass is 35.5. The van der Waals surface area contributed by atoms with Gasteiger partial charge in [0.05, 0.1) is 17.5 Å². The Kier molecular flexibility index (Phi) is 5.76. The van der Waals surface area contributed by atoms with E-state index < -0.39 is 14.9 Å². The number of fused-ring (bicyclic) bond motifs is 1.